The molecule has 1 aliphatic carbocycles. The summed E-state index contributed by atoms with van der Waals surface area (Å²) < 4.78 is 11.3. The number of nitrogens with one attached hydrogen (secondary N) is 1. The average Bonchev–Trinajstić information content (AvgIpc) is 3.24. The second kappa shape index (κ2) is 9.96. The standard InChI is InChI=1S/C23H25N3O5S2/c1-13-9-11-15(12-10-13)26-21(23(29)31-25-26)32-14(2)19(27)24-20-18(22(28)30-3)16-7-5-4-6-8-17(16)33-20/h9-12,14H,4-8H2,1-3H3,(H-,24,25,27,28,29). The van der Waals surface area contributed by atoms with E-state index in [1.54, 1.807) is 6.92 Å². The van der Waals surface area contributed by atoms with Crippen molar-refractivity contribution < 1.29 is 28.6 Å². The van der Waals surface area contributed by atoms with Crippen LogP contribution in [0.1, 0.15) is 52.5 Å². The third kappa shape index (κ3) is 4.91. The van der Waals surface area contributed by atoms with E-state index in [-0.39, 0.29) is 10.9 Å². The Morgan fingerprint density at radius 2 is 1.97 bits per heavy atom. The van der Waals surface area contributed by atoms with Crippen LogP contribution in [0.25, 0.3) is 5.69 Å². The number of aryl methyl sites for hydroxylation is 2. The third-order valence-electron chi connectivity index (χ3n) is 5.56. The second-order valence-electron chi connectivity index (χ2n) is 7.92. The summed E-state index contributed by atoms with van der Waals surface area (Å²) in [6, 6.07) is 7.46. The summed E-state index contributed by atoms with van der Waals surface area (Å²) in [6.45, 7) is 3.66. The number of rotatable bonds is 6. The first-order valence-electron chi connectivity index (χ1n) is 10.8. The van der Waals surface area contributed by atoms with E-state index in [0.717, 1.165) is 59.9 Å². The molecule has 0 aliphatic heterocycles. The molecule has 0 saturated heterocycles. The molecular formula is C23H25N3O5S2. The fourth-order valence-corrected chi connectivity index (χ4v) is 5.93. The minimum atomic E-state index is -0.638. The molecule has 0 radical (unpaired) electrons. The molecule has 1 atom stereocenters. The van der Waals surface area contributed by atoms with Gasteiger partial charge < -0.3 is 19.7 Å². The van der Waals surface area contributed by atoms with Crippen LogP contribution in [0.4, 0.5) is 5.00 Å². The summed E-state index contributed by atoms with van der Waals surface area (Å²) in [5.74, 6) is -1.38. The van der Waals surface area contributed by atoms with Crippen molar-refractivity contribution >= 4 is 40.0 Å². The zero-order valence-corrected chi connectivity index (χ0v) is 20.3. The van der Waals surface area contributed by atoms with E-state index in [9.17, 15) is 14.7 Å². The maximum Gasteiger partial charge on any atom is 0.341 e. The first-order valence-corrected chi connectivity index (χ1v) is 12.4. The van der Waals surface area contributed by atoms with E-state index in [4.69, 9.17) is 9.26 Å². The highest BCUT2D eigenvalue weighted by Gasteiger charge is 2.30. The predicted octanol–water partition coefficient (Wildman–Crippen LogP) is 3.57. The monoisotopic (exact) mass is 487 g/mol. The Morgan fingerprint density at radius 1 is 1.24 bits per heavy atom. The number of carbonyl (C=O) groups excluding carboxylic acids is 2. The molecule has 1 N–H and O–H groups in total. The van der Waals surface area contributed by atoms with Gasteiger partial charge in [-0.3, -0.25) is 4.79 Å². The van der Waals surface area contributed by atoms with Gasteiger partial charge in [-0.05, 0) is 61.5 Å². The van der Waals surface area contributed by atoms with Crippen molar-refractivity contribution in [3.05, 3.63) is 45.8 Å². The van der Waals surface area contributed by atoms with E-state index in [1.165, 1.54) is 23.1 Å². The number of carbonyl (C=O) groups is 2. The highest BCUT2D eigenvalue weighted by atomic mass is 32.2. The molecule has 33 heavy (non-hydrogen) atoms. The van der Waals surface area contributed by atoms with Gasteiger partial charge in [-0.1, -0.05) is 24.1 Å². The number of nitrogens with zero attached hydrogens (tertiary/aromatic N) is 2. The number of methoxy groups -OCH3 is 1. The minimum absolute atomic E-state index is 0.205. The molecule has 4 rings (SSSR count). The van der Waals surface area contributed by atoms with Crippen molar-refractivity contribution in [1.29, 1.82) is 0 Å². The Balaban J connectivity index is 1.56. The quantitative estimate of drug-likeness (QED) is 0.245. The lowest BCUT2D eigenvalue weighted by Crippen LogP contribution is -2.36. The Bertz CT molecular complexity index is 1170. The summed E-state index contributed by atoms with van der Waals surface area (Å²) >= 11 is 2.50. The summed E-state index contributed by atoms with van der Waals surface area (Å²) in [7, 11) is 1.35. The van der Waals surface area contributed by atoms with Gasteiger partial charge in [0.15, 0.2) is 5.95 Å². The highest BCUT2D eigenvalue weighted by Crippen LogP contribution is 2.38. The van der Waals surface area contributed by atoms with Crippen LogP contribution in [0.15, 0.2) is 33.8 Å². The zero-order chi connectivity index (χ0) is 23.5. The number of aromatic nitrogens is 2. The van der Waals surface area contributed by atoms with Gasteiger partial charge in [0, 0.05) is 17.0 Å². The van der Waals surface area contributed by atoms with Crippen LogP contribution in [0.3, 0.4) is 0 Å². The number of ether oxygens (including phenoxy) is 1. The molecule has 8 nitrogen and oxygen atoms in total. The molecule has 1 amide bonds. The lowest BCUT2D eigenvalue weighted by Gasteiger charge is -2.11. The van der Waals surface area contributed by atoms with Crippen LogP contribution in [0, 0.1) is 6.92 Å². The van der Waals surface area contributed by atoms with Crippen LogP contribution in [0.2, 0.25) is 0 Å². The first kappa shape index (κ1) is 23.3. The molecular weight excluding hydrogens is 462 g/mol. The molecule has 0 bridgehead atoms. The number of benzene rings is 1. The Morgan fingerprint density at radius 3 is 2.70 bits per heavy atom. The normalized spacial score (nSPS) is 14.3. The van der Waals surface area contributed by atoms with E-state index in [1.807, 2.05) is 31.2 Å². The highest BCUT2D eigenvalue weighted by molar-refractivity contribution is 8.00. The first-order chi connectivity index (χ1) is 15.9. The molecule has 10 heteroatoms. The molecule has 1 aliphatic rings. The average molecular weight is 488 g/mol. The van der Waals surface area contributed by atoms with Crippen LogP contribution in [-0.4, -0.2) is 29.5 Å². The summed E-state index contributed by atoms with van der Waals surface area (Å²) in [4.78, 5) is 26.7. The Hall–Kier alpha value is -2.85. The predicted molar refractivity (Wildman–Crippen MR) is 123 cm³/mol. The summed E-state index contributed by atoms with van der Waals surface area (Å²) in [5.41, 5.74) is 3.17. The van der Waals surface area contributed by atoms with Gasteiger partial charge in [-0.25, -0.2) is 4.79 Å². The molecule has 3 aromatic rings. The van der Waals surface area contributed by atoms with Crippen LogP contribution >= 0.6 is 23.1 Å². The van der Waals surface area contributed by atoms with Gasteiger partial charge >= 0.3 is 5.97 Å². The molecule has 0 saturated carbocycles. The van der Waals surface area contributed by atoms with E-state index < -0.39 is 17.2 Å². The maximum absolute atomic E-state index is 13.0. The number of esters is 1. The SMILES string of the molecule is COC(=O)c1c(NC(=O)C(C)Sc2c([O-])on[n+]2-c2ccc(C)cc2)sc2c1CCCCC2. The van der Waals surface area contributed by atoms with Crippen molar-refractivity contribution in [2.45, 2.75) is 56.2 Å². The van der Waals surface area contributed by atoms with E-state index in [0.29, 0.717) is 16.3 Å². The smallest absolute Gasteiger partial charge is 0.341 e. The van der Waals surface area contributed by atoms with Gasteiger partial charge in [-0.2, -0.15) is 0 Å². The molecule has 0 spiro atoms. The number of hydrogen-bond donors (Lipinski definition) is 1. The van der Waals surface area contributed by atoms with Crippen LogP contribution < -0.4 is 15.1 Å². The number of thiophene rings is 1. The second-order valence-corrected chi connectivity index (χ2v) is 10.4. The molecule has 0 fully saturated rings. The number of thioether (sulfide) groups is 1. The Kier molecular flexibility index (Phi) is 7.04. The van der Waals surface area contributed by atoms with Crippen molar-refractivity contribution in [1.82, 2.24) is 5.27 Å². The van der Waals surface area contributed by atoms with Gasteiger partial charge in [0.2, 0.25) is 11.6 Å². The molecule has 1 aromatic carbocycles. The van der Waals surface area contributed by atoms with Gasteiger partial charge in [0.25, 0.3) is 5.03 Å². The molecule has 1 unspecified atom stereocenters. The van der Waals surface area contributed by atoms with E-state index in [2.05, 4.69) is 10.6 Å². The van der Waals surface area contributed by atoms with Crippen LogP contribution in [-0.2, 0) is 22.4 Å². The summed E-state index contributed by atoms with van der Waals surface area (Å²) in [5, 5.41) is 19.1. The fraction of sp³-hybridized carbons (Fsp3) is 0.391. The van der Waals surface area contributed by atoms with Gasteiger partial charge in [0.05, 0.1) is 23.2 Å². The Labute approximate surface area is 199 Å². The maximum atomic E-state index is 13.0. The van der Waals surface area contributed by atoms with Crippen molar-refractivity contribution in [3.63, 3.8) is 0 Å². The van der Waals surface area contributed by atoms with Crippen LogP contribution in [0.5, 0.6) is 5.95 Å². The minimum Gasteiger partial charge on any atom is -0.538 e. The van der Waals surface area contributed by atoms with Crippen molar-refractivity contribution in [2.24, 2.45) is 0 Å². The summed E-state index contributed by atoms with van der Waals surface area (Å²) in [6.07, 6.45) is 4.88. The number of anilines is 1. The van der Waals surface area contributed by atoms with E-state index >= 15 is 0 Å². The molecule has 2 aromatic heterocycles. The van der Waals surface area contributed by atoms with Crippen molar-refractivity contribution in [3.8, 4) is 11.6 Å². The third-order valence-corrected chi connectivity index (χ3v) is 7.89. The fourth-order valence-electron chi connectivity index (χ4n) is 3.77. The van der Waals surface area contributed by atoms with Gasteiger partial charge in [-0.15, -0.1) is 11.3 Å². The number of hydrogen-bond acceptors (Lipinski definition) is 8. The lowest BCUT2D eigenvalue weighted by atomic mass is 10.1. The molecule has 2 heterocycles. The van der Waals surface area contributed by atoms with Crippen molar-refractivity contribution in [2.75, 3.05) is 12.4 Å². The van der Waals surface area contributed by atoms with Gasteiger partial charge in [0.1, 0.15) is 5.00 Å². The number of amides is 1. The topological polar surface area (TPSA) is 108 Å². The lowest BCUT2D eigenvalue weighted by molar-refractivity contribution is -0.705. The zero-order valence-electron chi connectivity index (χ0n) is 18.7. The largest absolute Gasteiger partial charge is 0.538 e. The number of fused-ring (bicyclic) bond motifs is 1. The molecule has 174 valence electrons.